The van der Waals surface area contributed by atoms with Crippen LogP contribution in [0.3, 0.4) is 0 Å². The molecule has 0 saturated heterocycles. The molecule has 0 radical (unpaired) electrons. The number of hydrogen-bond acceptors (Lipinski definition) is 5. The number of amides is 1. The zero-order chi connectivity index (χ0) is 16.0. The van der Waals surface area contributed by atoms with Gasteiger partial charge in [0.15, 0.2) is 0 Å². The van der Waals surface area contributed by atoms with Crippen LogP contribution in [0, 0.1) is 10.1 Å². The molecule has 1 amide bonds. The van der Waals surface area contributed by atoms with Crippen molar-refractivity contribution < 1.29 is 19.2 Å². The fourth-order valence-corrected chi connectivity index (χ4v) is 1.67. The van der Waals surface area contributed by atoms with Crippen molar-refractivity contribution in [3.63, 3.8) is 0 Å². The van der Waals surface area contributed by atoms with E-state index in [0.717, 1.165) is 0 Å². The summed E-state index contributed by atoms with van der Waals surface area (Å²) in [5.74, 6) is 0.635. The second kappa shape index (κ2) is 6.92. The van der Waals surface area contributed by atoms with Gasteiger partial charge in [-0.3, -0.25) is 10.1 Å². The first kappa shape index (κ1) is 16.7. The van der Waals surface area contributed by atoms with Crippen LogP contribution in [-0.2, 0) is 4.74 Å². The quantitative estimate of drug-likeness (QED) is 0.666. The second-order valence-corrected chi connectivity index (χ2v) is 5.49. The van der Waals surface area contributed by atoms with Gasteiger partial charge in [-0.2, -0.15) is 0 Å². The van der Waals surface area contributed by atoms with Gasteiger partial charge in [-0.1, -0.05) is 12.1 Å². The van der Waals surface area contributed by atoms with E-state index in [0.29, 0.717) is 11.3 Å². The third-order valence-corrected chi connectivity index (χ3v) is 2.54. The predicted octanol–water partition coefficient (Wildman–Crippen LogP) is 2.54. The third kappa shape index (κ3) is 6.11. The number of carbonyl (C=O) groups is 1. The van der Waals surface area contributed by atoms with E-state index in [-0.39, 0.29) is 0 Å². The van der Waals surface area contributed by atoms with E-state index in [9.17, 15) is 14.9 Å². The Hall–Kier alpha value is -2.31. The average molecular weight is 296 g/mol. The van der Waals surface area contributed by atoms with Crippen LogP contribution in [-0.4, -0.2) is 30.3 Å². The monoisotopic (exact) mass is 296 g/mol. The predicted molar refractivity (Wildman–Crippen MR) is 77.0 cm³/mol. The van der Waals surface area contributed by atoms with E-state index in [1.54, 1.807) is 45.0 Å². The Bertz CT molecular complexity index is 493. The van der Waals surface area contributed by atoms with Gasteiger partial charge in [-0.15, -0.1) is 0 Å². The molecule has 0 saturated carbocycles. The molecule has 0 heterocycles. The van der Waals surface area contributed by atoms with Gasteiger partial charge in [0.1, 0.15) is 17.4 Å². The van der Waals surface area contributed by atoms with Gasteiger partial charge < -0.3 is 14.8 Å². The minimum Gasteiger partial charge on any atom is -0.497 e. The molecule has 7 heteroatoms. The van der Waals surface area contributed by atoms with E-state index >= 15 is 0 Å². The summed E-state index contributed by atoms with van der Waals surface area (Å²) in [6, 6.07) is 5.94. The summed E-state index contributed by atoms with van der Waals surface area (Å²) in [7, 11) is 1.53. The van der Waals surface area contributed by atoms with Crippen LogP contribution in [0.15, 0.2) is 24.3 Å². The van der Waals surface area contributed by atoms with E-state index < -0.39 is 29.2 Å². The fourth-order valence-electron chi connectivity index (χ4n) is 1.67. The number of benzene rings is 1. The summed E-state index contributed by atoms with van der Waals surface area (Å²) in [6.45, 7) is 4.75. The highest BCUT2D eigenvalue weighted by Crippen LogP contribution is 2.19. The molecule has 0 aliphatic heterocycles. The van der Waals surface area contributed by atoms with Crippen molar-refractivity contribution in [2.75, 3.05) is 13.7 Å². The second-order valence-electron chi connectivity index (χ2n) is 5.49. The van der Waals surface area contributed by atoms with Crippen molar-refractivity contribution in [3.05, 3.63) is 39.9 Å². The summed E-state index contributed by atoms with van der Waals surface area (Å²) in [5.41, 5.74) is -0.0539. The van der Waals surface area contributed by atoms with Crippen LogP contribution < -0.4 is 10.1 Å². The number of nitrogens with zero attached hydrogens (tertiary/aromatic N) is 1. The number of alkyl carbamates (subject to hydrolysis) is 1. The smallest absolute Gasteiger partial charge is 0.408 e. The molecule has 0 aromatic heterocycles. The Morgan fingerprint density at radius 2 is 1.90 bits per heavy atom. The third-order valence-electron chi connectivity index (χ3n) is 2.54. The number of hydrogen-bond donors (Lipinski definition) is 1. The molecule has 1 atom stereocenters. The Morgan fingerprint density at radius 3 is 2.33 bits per heavy atom. The normalized spacial score (nSPS) is 12.4. The molecule has 1 N–H and O–H groups in total. The van der Waals surface area contributed by atoms with Gasteiger partial charge in [0.05, 0.1) is 7.11 Å². The van der Waals surface area contributed by atoms with Crippen LogP contribution in [0.1, 0.15) is 32.4 Å². The molecule has 0 aliphatic carbocycles. The fraction of sp³-hybridized carbons (Fsp3) is 0.500. The lowest BCUT2D eigenvalue weighted by Gasteiger charge is -2.22. The molecule has 21 heavy (non-hydrogen) atoms. The molecule has 7 nitrogen and oxygen atoms in total. The van der Waals surface area contributed by atoms with Crippen molar-refractivity contribution in [1.82, 2.24) is 5.32 Å². The van der Waals surface area contributed by atoms with Crippen molar-refractivity contribution in [3.8, 4) is 5.75 Å². The number of ether oxygens (including phenoxy) is 2. The molecular formula is C14H20N2O5. The van der Waals surface area contributed by atoms with Crippen LogP contribution in [0.2, 0.25) is 0 Å². The number of methoxy groups -OCH3 is 1. The topological polar surface area (TPSA) is 90.7 Å². The largest absolute Gasteiger partial charge is 0.497 e. The lowest BCUT2D eigenvalue weighted by atomic mass is 10.1. The highest BCUT2D eigenvalue weighted by Gasteiger charge is 2.23. The lowest BCUT2D eigenvalue weighted by Crippen LogP contribution is -2.37. The lowest BCUT2D eigenvalue weighted by molar-refractivity contribution is -0.484. The first-order valence-electron chi connectivity index (χ1n) is 6.46. The summed E-state index contributed by atoms with van der Waals surface area (Å²) in [6.07, 6.45) is -0.690. The maximum atomic E-state index is 11.8. The van der Waals surface area contributed by atoms with Crippen LogP contribution in [0.4, 0.5) is 4.79 Å². The minimum atomic E-state index is -0.763. The highest BCUT2D eigenvalue weighted by molar-refractivity contribution is 5.68. The number of carbonyl (C=O) groups excluding carboxylic acids is 1. The zero-order valence-electron chi connectivity index (χ0n) is 12.6. The zero-order valence-corrected chi connectivity index (χ0v) is 12.6. The maximum Gasteiger partial charge on any atom is 0.408 e. The Morgan fingerprint density at radius 1 is 1.33 bits per heavy atom. The highest BCUT2D eigenvalue weighted by atomic mass is 16.6. The van der Waals surface area contributed by atoms with Gasteiger partial charge in [0.25, 0.3) is 0 Å². The number of rotatable bonds is 5. The molecule has 1 rings (SSSR count). The van der Waals surface area contributed by atoms with E-state index in [1.807, 2.05) is 0 Å². The molecule has 0 spiro atoms. The summed E-state index contributed by atoms with van der Waals surface area (Å²) < 4.78 is 10.1. The van der Waals surface area contributed by atoms with Crippen LogP contribution in [0.25, 0.3) is 0 Å². The number of nitro groups is 1. The Kier molecular flexibility index (Phi) is 5.52. The van der Waals surface area contributed by atoms with Gasteiger partial charge in [-0.05, 0) is 38.5 Å². The first-order valence-corrected chi connectivity index (χ1v) is 6.46. The standard InChI is InChI=1S/C14H20N2O5/c1-14(2,3)21-13(17)15-12(9-16(18)19)10-5-7-11(20-4)8-6-10/h5-8,12H,9H2,1-4H3,(H,15,17)/t12-/m1/s1. The van der Waals surface area contributed by atoms with Crippen LogP contribution >= 0.6 is 0 Å². The summed E-state index contributed by atoms with van der Waals surface area (Å²) >= 11 is 0. The molecule has 1 aromatic rings. The number of nitrogens with one attached hydrogen (secondary N) is 1. The van der Waals surface area contributed by atoms with E-state index in [1.165, 1.54) is 7.11 Å². The van der Waals surface area contributed by atoms with E-state index in [2.05, 4.69) is 5.32 Å². The van der Waals surface area contributed by atoms with Gasteiger partial charge >= 0.3 is 6.09 Å². The molecule has 0 unspecified atom stereocenters. The maximum absolute atomic E-state index is 11.8. The average Bonchev–Trinajstić information content (AvgIpc) is 2.35. The van der Waals surface area contributed by atoms with Crippen molar-refractivity contribution in [2.24, 2.45) is 0 Å². The molecule has 1 aromatic carbocycles. The first-order chi connectivity index (χ1) is 9.71. The molecule has 0 aliphatic rings. The summed E-state index contributed by atoms with van der Waals surface area (Å²) in [5, 5.41) is 13.3. The Balaban J connectivity index is 2.84. The van der Waals surface area contributed by atoms with E-state index in [4.69, 9.17) is 9.47 Å². The van der Waals surface area contributed by atoms with Gasteiger partial charge in [-0.25, -0.2) is 4.79 Å². The van der Waals surface area contributed by atoms with Crippen molar-refractivity contribution in [2.45, 2.75) is 32.4 Å². The van der Waals surface area contributed by atoms with Crippen molar-refractivity contribution >= 4 is 6.09 Å². The van der Waals surface area contributed by atoms with Crippen molar-refractivity contribution in [1.29, 1.82) is 0 Å². The van der Waals surface area contributed by atoms with Gasteiger partial charge in [0, 0.05) is 4.92 Å². The molecule has 116 valence electrons. The molecular weight excluding hydrogens is 276 g/mol. The molecule has 0 bridgehead atoms. The van der Waals surface area contributed by atoms with Crippen LogP contribution in [0.5, 0.6) is 5.75 Å². The summed E-state index contributed by atoms with van der Waals surface area (Å²) in [4.78, 5) is 22.0. The SMILES string of the molecule is COc1ccc([C@@H](C[N+](=O)[O-])NC(=O)OC(C)(C)C)cc1. The molecule has 0 fully saturated rings. The van der Waals surface area contributed by atoms with Gasteiger partial charge in [0.2, 0.25) is 6.54 Å². The Labute approximate surface area is 123 Å². The minimum absolute atomic E-state index is 0.425.